The van der Waals surface area contributed by atoms with Gasteiger partial charge in [-0.1, -0.05) is 34.6 Å². The fraction of sp³-hybridized carbons (Fsp3) is 1.00. The van der Waals surface area contributed by atoms with E-state index in [0.29, 0.717) is 17.5 Å². The van der Waals surface area contributed by atoms with Crippen LogP contribution in [0.5, 0.6) is 0 Å². The van der Waals surface area contributed by atoms with E-state index in [-0.39, 0.29) is 0 Å². The van der Waals surface area contributed by atoms with E-state index in [4.69, 9.17) is 0 Å². The summed E-state index contributed by atoms with van der Waals surface area (Å²) in [5, 5.41) is 3.71. The summed E-state index contributed by atoms with van der Waals surface area (Å²) in [5.41, 5.74) is 0.440. The van der Waals surface area contributed by atoms with Crippen LogP contribution in [0.3, 0.4) is 0 Å². The van der Waals surface area contributed by atoms with Crippen molar-refractivity contribution in [3.63, 3.8) is 0 Å². The summed E-state index contributed by atoms with van der Waals surface area (Å²) in [4.78, 5) is 0. The van der Waals surface area contributed by atoms with E-state index in [9.17, 15) is 0 Å². The first-order valence-corrected chi connectivity index (χ1v) is 6.98. The summed E-state index contributed by atoms with van der Waals surface area (Å²) in [6.45, 7) is 16.8. The monoisotopic (exact) mass is 225 g/mol. The summed E-state index contributed by atoms with van der Waals surface area (Å²) in [6, 6.07) is 1.34. The van der Waals surface area contributed by atoms with E-state index >= 15 is 0 Å². The van der Waals surface area contributed by atoms with Gasteiger partial charge in [-0.05, 0) is 49.9 Å². The fourth-order valence-corrected chi connectivity index (χ4v) is 4.30. The Morgan fingerprint density at radius 3 is 1.50 bits per heavy atom. The second-order valence-corrected chi connectivity index (χ2v) is 7.29. The molecular formula is C15H31N. The van der Waals surface area contributed by atoms with Crippen LogP contribution in [-0.2, 0) is 0 Å². The molecule has 1 heteroatoms. The summed E-state index contributed by atoms with van der Waals surface area (Å²) < 4.78 is 0. The maximum absolute atomic E-state index is 3.71. The molecule has 1 nitrogen and oxygen atoms in total. The summed E-state index contributed by atoms with van der Waals surface area (Å²) in [5.74, 6) is 2.49. The highest BCUT2D eigenvalue weighted by atomic mass is 14.9. The molecule has 1 saturated heterocycles. The Morgan fingerprint density at radius 2 is 1.19 bits per heavy atom. The van der Waals surface area contributed by atoms with Crippen LogP contribution in [0.2, 0.25) is 0 Å². The Bertz CT molecular complexity index is 200. The quantitative estimate of drug-likeness (QED) is 0.655. The number of hydrogen-bond acceptors (Lipinski definition) is 1. The molecule has 1 fully saturated rings. The maximum atomic E-state index is 3.71. The van der Waals surface area contributed by atoms with Gasteiger partial charge in [0.1, 0.15) is 0 Å². The van der Waals surface area contributed by atoms with Crippen LogP contribution in [0.15, 0.2) is 0 Å². The lowest BCUT2D eigenvalue weighted by Gasteiger charge is -2.44. The van der Waals surface area contributed by atoms with Crippen molar-refractivity contribution in [3.05, 3.63) is 0 Å². The molecule has 96 valence electrons. The third kappa shape index (κ3) is 3.48. The Kier molecular flexibility index (Phi) is 4.45. The third-order valence-electron chi connectivity index (χ3n) is 4.25. The van der Waals surface area contributed by atoms with Gasteiger partial charge in [0.2, 0.25) is 0 Å². The topological polar surface area (TPSA) is 12.0 Å². The van der Waals surface area contributed by atoms with Gasteiger partial charge in [0.05, 0.1) is 0 Å². The molecule has 0 saturated carbocycles. The van der Waals surface area contributed by atoms with Gasteiger partial charge >= 0.3 is 0 Å². The summed E-state index contributed by atoms with van der Waals surface area (Å²) in [7, 11) is 0. The third-order valence-corrected chi connectivity index (χ3v) is 4.25. The van der Waals surface area contributed by atoms with Crippen LogP contribution >= 0.6 is 0 Å². The molecule has 1 aliphatic rings. The lowest BCUT2D eigenvalue weighted by Crippen LogP contribution is -2.44. The first kappa shape index (κ1) is 14.0. The highest BCUT2D eigenvalue weighted by Gasteiger charge is 2.36. The van der Waals surface area contributed by atoms with Crippen LogP contribution < -0.4 is 5.32 Å². The lowest BCUT2D eigenvalue weighted by atomic mass is 9.64. The van der Waals surface area contributed by atoms with E-state index < -0.39 is 0 Å². The van der Waals surface area contributed by atoms with Crippen LogP contribution in [-0.4, -0.2) is 12.1 Å². The van der Waals surface area contributed by atoms with E-state index in [2.05, 4.69) is 53.8 Å². The minimum Gasteiger partial charge on any atom is -0.312 e. The molecule has 0 aromatic heterocycles. The lowest BCUT2D eigenvalue weighted by molar-refractivity contribution is 0.0711. The van der Waals surface area contributed by atoms with Gasteiger partial charge < -0.3 is 5.32 Å². The smallest absolute Gasteiger partial charge is 0.00438 e. The number of hydrogen-bond donors (Lipinski definition) is 1. The van der Waals surface area contributed by atoms with E-state index in [1.54, 1.807) is 0 Å². The number of nitrogens with one attached hydrogen (secondary N) is 1. The normalized spacial score (nSPS) is 42.6. The first-order chi connectivity index (χ1) is 7.21. The molecule has 4 unspecified atom stereocenters. The zero-order valence-corrected chi connectivity index (χ0v) is 12.3. The first-order valence-electron chi connectivity index (χ1n) is 6.98. The molecule has 4 atom stereocenters. The van der Waals surface area contributed by atoms with Crippen molar-refractivity contribution in [3.8, 4) is 0 Å². The second-order valence-electron chi connectivity index (χ2n) is 7.29. The molecule has 1 aliphatic heterocycles. The van der Waals surface area contributed by atoms with Crippen molar-refractivity contribution in [2.24, 2.45) is 23.2 Å². The molecule has 1 N–H and O–H groups in total. The highest BCUT2D eigenvalue weighted by molar-refractivity contribution is 4.88. The predicted molar refractivity (Wildman–Crippen MR) is 72.6 cm³/mol. The Morgan fingerprint density at radius 1 is 0.812 bits per heavy atom. The van der Waals surface area contributed by atoms with E-state index in [1.165, 1.54) is 12.8 Å². The van der Waals surface area contributed by atoms with Gasteiger partial charge in [-0.25, -0.2) is 0 Å². The van der Waals surface area contributed by atoms with Crippen LogP contribution in [0.1, 0.15) is 61.3 Å². The fourth-order valence-electron chi connectivity index (χ4n) is 4.30. The van der Waals surface area contributed by atoms with Gasteiger partial charge in [0.25, 0.3) is 0 Å². The van der Waals surface area contributed by atoms with Crippen LogP contribution in [0, 0.1) is 23.2 Å². The van der Waals surface area contributed by atoms with Gasteiger partial charge in [0, 0.05) is 12.1 Å². The van der Waals surface area contributed by atoms with Crippen molar-refractivity contribution in [2.75, 3.05) is 0 Å². The zero-order chi connectivity index (χ0) is 12.5. The largest absolute Gasteiger partial charge is 0.312 e. The maximum Gasteiger partial charge on any atom is 0.00438 e. The molecule has 16 heavy (non-hydrogen) atoms. The summed E-state index contributed by atoms with van der Waals surface area (Å²) >= 11 is 0. The molecule has 0 aromatic rings. The average Bonchev–Trinajstić information content (AvgIpc) is 1.96. The molecular weight excluding hydrogens is 194 g/mol. The van der Waals surface area contributed by atoms with Crippen LogP contribution in [0.25, 0.3) is 0 Å². The predicted octanol–water partition coefficient (Wildman–Crippen LogP) is 4.08. The molecule has 1 rings (SSSR count). The minimum absolute atomic E-state index is 0.440. The van der Waals surface area contributed by atoms with Gasteiger partial charge in [-0.15, -0.1) is 0 Å². The average molecular weight is 225 g/mol. The standard InChI is InChI=1S/C15H31N/c1-10-8-12(3)16-13(4)9-11(2)14(10)15(5,6)7/h10-14,16H,8-9H2,1-7H3. The zero-order valence-electron chi connectivity index (χ0n) is 12.3. The van der Waals surface area contributed by atoms with Gasteiger partial charge in [0.15, 0.2) is 0 Å². The molecule has 0 aliphatic carbocycles. The van der Waals surface area contributed by atoms with Crippen molar-refractivity contribution in [1.82, 2.24) is 5.32 Å². The summed E-state index contributed by atoms with van der Waals surface area (Å²) in [6.07, 6.45) is 2.63. The molecule has 0 amide bonds. The minimum atomic E-state index is 0.440. The Balaban J connectivity index is 2.85. The van der Waals surface area contributed by atoms with Gasteiger partial charge in [-0.3, -0.25) is 0 Å². The Labute approximate surface area is 102 Å². The van der Waals surface area contributed by atoms with Gasteiger partial charge in [-0.2, -0.15) is 0 Å². The van der Waals surface area contributed by atoms with E-state index in [0.717, 1.165) is 17.8 Å². The van der Waals surface area contributed by atoms with Crippen molar-refractivity contribution < 1.29 is 0 Å². The van der Waals surface area contributed by atoms with Crippen molar-refractivity contribution >= 4 is 0 Å². The molecule has 0 spiro atoms. The molecule has 0 bridgehead atoms. The van der Waals surface area contributed by atoms with Crippen molar-refractivity contribution in [1.29, 1.82) is 0 Å². The number of rotatable bonds is 0. The molecule has 1 heterocycles. The molecule has 0 aromatic carbocycles. The van der Waals surface area contributed by atoms with Crippen molar-refractivity contribution in [2.45, 2.75) is 73.4 Å². The van der Waals surface area contributed by atoms with E-state index in [1.807, 2.05) is 0 Å². The Hall–Kier alpha value is -0.0400. The van der Waals surface area contributed by atoms with Crippen LogP contribution in [0.4, 0.5) is 0 Å². The second kappa shape index (κ2) is 5.08. The molecule has 0 radical (unpaired) electrons. The highest BCUT2D eigenvalue weighted by Crippen LogP contribution is 2.42. The SMILES string of the molecule is CC1CC(C)C(C(C)(C)C)C(C)CC(C)N1.